The van der Waals surface area contributed by atoms with E-state index in [-0.39, 0.29) is 5.78 Å². The number of ether oxygens (including phenoxy) is 1. The van der Waals surface area contributed by atoms with E-state index in [0.717, 1.165) is 21.5 Å². The van der Waals surface area contributed by atoms with Crippen molar-refractivity contribution in [1.82, 2.24) is 4.98 Å². The van der Waals surface area contributed by atoms with Gasteiger partial charge in [-0.15, -0.1) is 0 Å². The van der Waals surface area contributed by atoms with Crippen LogP contribution in [0.4, 0.5) is 5.13 Å². The van der Waals surface area contributed by atoms with Crippen molar-refractivity contribution in [2.24, 2.45) is 5.10 Å². The molecule has 0 aliphatic rings. The molecule has 0 spiro atoms. The highest BCUT2D eigenvalue weighted by Crippen LogP contribution is 2.25. The van der Waals surface area contributed by atoms with Crippen molar-refractivity contribution in [3.05, 3.63) is 38.8 Å². The van der Waals surface area contributed by atoms with Gasteiger partial charge in [-0.2, -0.15) is 5.10 Å². The van der Waals surface area contributed by atoms with Gasteiger partial charge in [0.15, 0.2) is 5.78 Å². The highest BCUT2D eigenvalue weighted by Gasteiger charge is 2.10. The molecule has 1 aromatic heterocycles. The van der Waals surface area contributed by atoms with E-state index in [4.69, 9.17) is 4.74 Å². The summed E-state index contributed by atoms with van der Waals surface area (Å²) in [5.41, 5.74) is 4.47. The molecule has 1 aromatic carbocycles. The lowest BCUT2D eigenvalue weighted by atomic mass is 10.2. The van der Waals surface area contributed by atoms with Crippen molar-refractivity contribution in [2.45, 2.75) is 13.8 Å². The van der Waals surface area contributed by atoms with Gasteiger partial charge in [0.1, 0.15) is 5.75 Å². The molecule has 0 saturated heterocycles. The smallest absolute Gasteiger partial charge is 0.204 e. The molecular formula is C14H14BrN3O2S. The normalized spacial score (nSPS) is 10.9. The number of aromatic nitrogens is 1. The van der Waals surface area contributed by atoms with Crippen LogP contribution in [0.1, 0.15) is 27.9 Å². The molecule has 2 rings (SSSR count). The zero-order valence-corrected chi connectivity index (χ0v) is 14.2. The summed E-state index contributed by atoms with van der Waals surface area (Å²) in [6.45, 7) is 3.34. The Balaban J connectivity index is 2.07. The second-order valence-corrected chi connectivity index (χ2v) is 6.11. The Morgan fingerprint density at radius 2 is 2.29 bits per heavy atom. The molecule has 0 atom stereocenters. The van der Waals surface area contributed by atoms with Crippen LogP contribution in [-0.4, -0.2) is 24.1 Å². The van der Waals surface area contributed by atoms with E-state index in [1.54, 1.807) is 13.3 Å². The fourth-order valence-corrected chi connectivity index (χ4v) is 3.07. The molecular weight excluding hydrogens is 354 g/mol. The number of thiazole rings is 1. The third-order valence-corrected chi connectivity index (χ3v) is 4.45. The Kier molecular flexibility index (Phi) is 5.08. The summed E-state index contributed by atoms with van der Waals surface area (Å²) in [5.74, 6) is 0.780. The summed E-state index contributed by atoms with van der Waals surface area (Å²) >= 11 is 4.72. The minimum absolute atomic E-state index is 0.0149. The quantitative estimate of drug-likeness (QED) is 0.494. The van der Waals surface area contributed by atoms with E-state index >= 15 is 0 Å². The number of rotatable bonds is 5. The van der Waals surface area contributed by atoms with Crippen molar-refractivity contribution in [3.63, 3.8) is 0 Å². The van der Waals surface area contributed by atoms with Gasteiger partial charge in [0, 0.05) is 6.92 Å². The van der Waals surface area contributed by atoms with Crippen LogP contribution in [0.2, 0.25) is 0 Å². The number of nitrogens with one attached hydrogen (secondary N) is 1. The molecule has 2 aromatic rings. The van der Waals surface area contributed by atoms with E-state index in [2.05, 4.69) is 31.4 Å². The van der Waals surface area contributed by atoms with Crippen LogP contribution in [0.5, 0.6) is 5.75 Å². The number of Topliss-reactive ketones (excluding diaryl/α,β-unsaturated/α-hetero) is 1. The predicted molar refractivity (Wildman–Crippen MR) is 88.8 cm³/mol. The lowest BCUT2D eigenvalue weighted by Crippen LogP contribution is -1.91. The Hall–Kier alpha value is -1.73. The van der Waals surface area contributed by atoms with E-state index in [1.165, 1.54) is 18.3 Å². The number of carbonyl (C=O) groups excluding carboxylic acids is 1. The standard InChI is InChI=1S/C14H14BrN3O2S/c1-8-13(9(2)19)21-14(17-8)18-16-7-10-4-5-12(20-3)11(15)6-10/h4-7H,1-3H3,(H,17,18)/b16-7-. The number of ketones is 1. The monoisotopic (exact) mass is 367 g/mol. The van der Waals surface area contributed by atoms with Crippen molar-refractivity contribution in [3.8, 4) is 5.75 Å². The number of hydrazone groups is 1. The van der Waals surface area contributed by atoms with Crippen molar-refractivity contribution in [1.29, 1.82) is 0 Å². The van der Waals surface area contributed by atoms with Crippen molar-refractivity contribution >= 4 is 44.4 Å². The molecule has 0 fully saturated rings. The van der Waals surface area contributed by atoms with Crippen LogP contribution in [0.15, 0.2) is 27.8 Å². The molecule has 1 heterocycles. The molecule has 0 bridgehead atoms. The van der Waals surface area contributed by atoms with Gasteiger partial charge in [-0.1, -0.05) is 11.3 Å². The van der Waals surface area contributed by atoms with Crippen LogP contribution in [0.25, 0.3) is 0 Å². The first-order valence-electron chi connectivity index (χ1n) is 6.12. The van der Waals surface area contributed by atoms with Gasteiger partial charge in [-0.25, -0.2) is 4.98 Å². The van der Waals surface area contributed by atoms with E-state index in [0.29, 0.717) is 10.0 Å². The fourth-order valence-electron chi connectivity index (χ4n) is 1.70. The highest BCUT2D eigenvalue weighted by atomic mass is 79.9. The number of aryl methyl sites for hydroxylation is 1. The molecule has 0 amide bonds. The van der Waals surface area contributed by atoms with Crippen LogP contribution in [-0.2, 0) is 0 Å². The third-order valence-electron chi connectivity index (χ3n) is 2.67. The first-order valence-corrected chi connectivity index (χ1v) is 7.73. The average molecular weight is 368 g/mol. The maximum atomic E-state index is 11.4. The number of halogens is 1. The number of hydrogen-bond donors (Lipinski definition) is 1. The minimum Gasteiger partial charge on any atom is -0.496 e. The lowest BCUT2D eigenvalue weighted by molar-refractivity contribution is 0.102. The number of benzene rings is 1. The largest absolute Gasteiger partial charge is 0.496 e. The molecule has 110 valence electrons. The van der Waals surface area contributed by atoms with Gasteiger partial charge in [0.2, 0.25) is 5.13 Å². The molecule has 1 N–H and O–H groups in total. The van der Waals surface area contributed by atoms with E-state index < -0.39 is 0 Å². The second kappa shape index (κ2) is 6.82. The topological polar surface area (TPSA) is 63.6 Å². The molecule has 21 heavy (non-hydrogen) atoms. The summed E-state index contributed by atoms with van der Waals surface area (Å²) in [5, 5.41) is 4.72. The maximum Gasteiger partial charge on any atom is 0.204 e. The first kappa shape index (κ1) is 15.7. The van der Waals surface area contributed by atoms with Gasteiger partial charge >= 0.3 is 0 Å². The molecule has 0 aliphatic heterocycles. The lowest BCUT2D eigenvalue weighted by Gasteiger charge is -2.02. The molecule has 0 unspecified atom stereocenters. The Morgan fingerprint density at radius 1 is 1.52 bits per heavy atom. The Morgan fingerprint density at radius 3 is 2.86 bits per heavy atom. The SMILES string of the molecule is COc1ccc(/C=N\Nc2nc(C)c(C(C)=O)s2)cc1Br. The third kappa shape index (κ3) is 3.89. The zero-order valence-electron chi connectivity index (χ0n) is 11.8. The molecule has 0 saturated carbocycles. The Labute approximate surface area is 135 Å². The fraction of sp³-hybridized carbons (Fsp3) is 0.214. The van der Waals surface area contributed by atoms with Gasteiger partial charge in [0.05, 0.1) is 28.4 Å². The zero-order chi connectivity index (χ0) is 15.4. The number of methoxy groups -OCH3 is 1. The van der Waals surface area contributed by atoms with Crippen molar-refractivity contribution in [2.75, 3.05) is 12.5 Å². The number of anilines is 1. The molecule has 0 aliphatic carbocycles. The van der Waals surface area contributed by atoms with Crippen LogP contribution >= 0.6 is 27.3 Å². The van der Waals surface area contributed by atoms with Gasteiger partial charge in [0.25, 0.3) is 0 Å². The summed E-state index contributed by atoms with van der Waals surface area (Å²) in [4.78, 5) is 16.3. The summed E-state index contributed by atoms with van der Waals surface area (Å²) in [7, 11) is 1.62. The number of carbonyl (C=O) groups is 1. The summed E-state index contributed by atoms with van der Waals surface area (Å²) in [6, 6.07) is 5.65. The molecule has 7 heteroatoms. The van der Waals surface area contributed by atoms with Gasteiger partial charge in [-0.05, 0) is 46.6 Å². The van der Waals surface area contributed by atoms with E-state index in [1.807, 2.05) is 25.1 Å². The predicted octanol–water partition coefficient (Wildman–Crippen LogP) is 3.87. The maximum absolute atomic E-state index is 11.4. The summed E-state index contributed by atoms with van der Waals surface area (Å²) < 4.78 is 6.02. The number of hydrogen-bond acceptors (Lipinski definition) is 6. The van der Waals surface area contributed by atoms with E-state index in [9.17, 15) is 4.79 Å². The first-order chi connectivity index (χ1) is 10.0. The van der Waals surface area contributed by atoms with Crippen molar-refractivity contribution < 1.29 is 9.53 Å². The van der Waals surface area contributed by atoms with Gasteiger partial charge < -0.3 is 4.74 Å². The van der Waals surface area contributed by atoms with Crippen LogP contribution in [0, 0.1) is 6.92 Å². The number of nitrogens with zero attached hydrogens (tertiary/aromatic N) is 2. The second-order valence-electron chi connectivity index (χ2n) is 4.25. The molecule has 5 nitrogen and oxygen atoms in total. The van der Waals surface area contributed by atoms with Crippen LogP contribution in [0.3, 0.4) is 0 Å². The molecule has 0 radical (unpaired) electrons. The Bertz CT molecular complexity index is 698. The average Bonchev–Trinajstić information content (AvgIpc) is 2.80. The van der Waals surface area contributed by atoms with Gasteiger partial charge in [-0.3, -0.25) is 10.2 Å². The minimum atomic E-state index is 0.0149. The van der Waals surface area contributed by atoms with Crippen LogP contribution < -0.4 is 10.2 Å². The highest BCUT2D eigenvalue weighted by molar-refractivity contribution is 9.10. The summed E-state index contributed by atoms with van der Waals surface area (Å²) in [6.07, 6.45) is 1.67.